The highest BCUT2D eigenvalue weighted by Gasteiger charge is 2.39. The van der Waals surface area contributed by atoms with Crippen LogP contribution in [0, 0.1) is 0 Å². The first-order chi connectivity index (χ1) is 12.1. The Labute approximate surface area is 148 Å². The summed E-state index contributed by atoms with van der Waals surface area (Å²) in [6.07, 6.45) is 5.60. The number of amides is 2. The van der Waals surface area contributed by atoms with Crippen molar-refractivity contribution in [2.45, 2.75) is 37.7 Å². The molecule has 2 amide bonds. The van der Waals surface area contributed by atoms with E-state index in [0.29, 0.717) is 31.0 Å². The molecule has 1 saturated carbocycles. The minimum absolute atomic E-state index is 0.00698. The number of hydrogen-bond donors (Lipinski definition) is 1. The van der Waals surface area contributed by atoms with Gasteiger partial charge in [-0.05, 0) is 25.0 Å². The molecule has 6 heteroatoms. The van der Waals surface area contributed by atoms with Crippen LogP contribution < -0.4 is 10.1 Å². The van der Waals surface area contributed by atoms with Crippen molar-refractivity contribution < 1.29 is 19.1 Å². The second kappa shape index (κ2) is 7.87. The molecule has 3 rings (SSSR count). The fraction of sp³-hybridized carbons (Fsp3) is 0.579. The summed E-state index contributed by atoms with van der Waals surface area (Å²) in [4.78, 5) is 26.7. The molecular weight excluding hydrogens is 320 g/mol. The van der Waals surface area contributed by atoms with Crippen molar-refractivity contribution in [1.82, 2.24) is 10.2 Å². The van der Waals surface area contributed by atoms with Crippen molar-refractivity contribution in [2.24, 2.45) is 0 Å². The van der Waals surface area contributed by atoms with Crippen LogP contribution >= 0.6 is 0 Å². The van der Waals surface area contributed by atoms with Gasteiger partial charge in [0.1, 0.15) is 5.75 Å². The maximum absolute atomic E-state index is 12.5. The van der Waals surface area contributed by atoms with E-state index in [0.717, 1.165) is 25.7 Å². The Balaban J connectivity index is 1.56. The molecular formula is C19H26N2O4. The summed E-state index contributed by atoms with van der Waals surface area (Å²) in [7, 11) is 1.52. The quantitative estimate of drug-likeness (QED) is 0.905. The van der Waals surface area contributed by atoms with Gasteiger partial charge in [0.2, 0.25) is 5.91 Å². The lowest BCUT2D eigenvalue weighted by Crippen LogP contribution is -2.56. The zero-order valence-corrected chi connectivity index (χ0v) is 14.8. The molecule has 1 spiro atoms. The molecule has 0 unspecified atom stereocenters. The van der Waals surface area contributed by atoms with Crippen molar-refractivity contribution in [3.05, 3.63) is 29.8 Å². The number of nitrogens with zero attached hydrogens (tertiary/aromatic N) is 1. The average Bonchev–Trinajstić information content (AvgIpc) is 2.66. The highest BCUT2D eigenvalue weighted by Crippen LogP contribution is 2.34. The molecule has 1 heterocycles. The Kier molecular flexibility index (Phi) is 5.58. The molecule has 1 saturated heterocycles. The standard InChI is InChI=1S/C19H26N2O4/c1-24-16-8-4-3-7-15(16)18(23)20-13-17(22)21-11-12-25-19(14-21)9-5-2-6-10-19/h3-4,7-8H,2,5-6,9-14H2,1H3,(H,20,23). The maximum Gasteiger partial charge on any atom is 0.255 e. The SMILES string of the molecule is COc1ccccc1C(=O)NCC(=O)N1CCOC2(CCCCC2)C1. The van der Waals surface area contributed by atoms with E-state index in [1.165, 1.54) is 13.5 Å². The molecule has 6 nitrogen and oxygen atoms in total. The van der Waals surface area contributed by atoms with Crippen LogP contribution in [0.5, 0.6) is 5.75 Å². The van der Waals surface area contributed by atoms with E-state index in [4.69, 9.17) is 9.47 Å². The fourth-order valence-corrected chi connectivity index (χ4v) is 3.75. The van der Waals surface area contributed by atoms with E-state index in [2.05, 4.69) is 5.32 Å². The highest BCUT2D eigenvalue weighted by atomic mass is 16.5. The highest BCUT2D eigenvalue weighted by molar-refractivity contribution is 5.98. The average molecular weight is 346 g/mol. The van der Waals surface area contributed by atoms with Gasteiger partial charge in [-0.15, -0.1) is 0 Å². The number of morpholine rings is 1. The zero-order chi connectivity index (χ0) is 17.7. The van der Waals surface area contributed by atoms with E-state index in [1.54, 1.807) is 24.3 Å². The molecule has 1 aliphatic carbocycles. The molecule has 2 fully saturated rings. The normalized spacial score (nSPS) is 19.5. The third kappa shape index (κ3) is 4.12. The van der Waals surface area contributed by atoms with Gasteiger partial charge in [0, 0.05) is 13.1 Å². The molecule has 0 radical (unpaired) electrons. The van der Waals surface area contributed by atoms with Crippen LogP contribution in [0.3, 0.4) is 0 Å². The minimum atomic E-state index is -0.300. The van der Waals surface area contributed by atoms with Gasteiger partial charge in [0.15, 0.2) is 0 Å². The summed E-state index contributed by atoms with van der Waals surface area (Å²) in [5.41, 5.74) is 0.266. The summed E-state index contributed by atoms with van der Waals surface area (Å²) in [5, 5.41) is 2.71. The summed E-state index contributed by atoms with van der Waals surface area (Å²) in [6.45, 7) is 1.79. The first-order valence-corrected chi connectivity index (χ1v) is 8.96. The number of hydrogen-bond acceptors (Lipinski definition) is 4. The molecule has 0 bridgehead atoms. The van der Waals surface area contributed by atoms with Crippen LogP contribution in [0.2, 0.25) is 0 Å². The number of nitrogens with one attached hydrogen (secondary N) is 1. The smallest absolute Gasteiger partial charge is 0.255 e. The van der Waals surface area contributed by atoms with Crippen LogP contribution in [-0.4, -0.2) is 55.7 Å². The van der Waals surface area contributed by atoms with Crippen molar-refractivity contribution in [1.29, 1.82) is 0 Å². The van der Waals surface area contributed by atoms with Crippen molar-refractivity contribution >= 4 is 11.8 Å². The molecule has 2 aliphatic rings. The van der Waals surface area contributed by atoms with Crippen LogP contribution in [-0.2, 0) is 9.53 Å². The Morgan fingerprint density at radius 3 is 2.76 bits per heavy atom. The zero-order valence-electron chi connectivity index (χ0n) is 14.8. The topological polar surface area (TPSA) is 67.9 Å². The number of methoxy groups -OCH3 is 1. The van der Waals surface area contributed by atoms with Crippen LogP contribution in [0.1, 0.15) is 42.5 Å². The Hall–Kier alpha value is -2.08. The third-order valence-corrected chi connectivity index (χ3v) is 5.12. The first-order valence-electron chi connectivity index (χ1n) is 8.96. The number of carbonyl (C=O) groups is 2. The van der Waals surface area contributed by atoms with Crippen molar-refractivity contribution in [2.75, 3.05) is 33.4 Å². The molecule has 1 N–H and O–H groups in total. The molecule has 1 aromatic carbocycles. The minimum Gasteiger partial charge on any atom is -0.496 e. The van der Waals surface area contributed by atoms with Gasteiger partial charge in [-0.3, -0.25) is 9.59 Å². The Morgan fingerprint density at radius 1 is 1.24 bits per heavy atom. The largest absolute Gasteiger partial charge is 0.496 e. The molecule has 0 atom stereocenters. The van der Waals surface area contributed by atoms with E-state index in [-0.39, 0.29) is 24.0 Å². The summed E-state index contributed by atoms with van der Waals surface area (Å²) < 4.78 is 11.2. The van der Waals surface area contributed by atoms with Gasteiger partial charge in [-0.1, -0.05) is 31.4 Å². The van der Waals surface area contributed by atoms with Gasteiger partial charge in [0.05, 0.1) is 31.4 Å². The lowest BCUT2D eigenvalue weighted by molar-refractivity contribution is -0.155. The number of rotatable bonds is 4. The van der Waals surface area contributed by atoms with Gasteiger partial charge < -0.3 is 19.7 Å². The van der Waals surface area contributed by atoms with E-state index < -0.39 is 0 Å². The lowest BCUT2D eigenvalue weighted by Gasteiger charge is -2.45. The number of carbonyl (C=O) groups excluding carboxylic acids is 2. The van der Waals surface area contributed by atoms with E-state index >= 15 is 0 Å². The van der Waals surface area contributed by atoms with Crippen molar-refractivity contribution in [3.63, 3.8) is 0 Å². The van der Waals surface area contributed by atoms with Crippen molar-refractivity contribution in [3.8, 4) is 5.75 Å². The van der Waals surface area contributed by atoms with E-state index in [9.17, 15) is 9.59 Å². The Morgan fingerprint density at radius 2 is 2.00 bits per heavy atom. The fourth-order valence-electron chi connectivity index (χ4n) is 3.75. The van der Waals surface area contributed by atoms with Gasteiger partial charge in [0.25, 0.3) is 5.91 Å². The summed E-state index contributed by atoms with van der Waals surface area (Å²) >= 11 is 0. The number of benzene rings is 1. The number of para-hydroxylation sites is 1. The third-order valence-electron chi connectivity index (χ3n) is 5.12. The second-order valence-corrected chi connectivity index (χ2v) is 6.79. The second-order valence-electron chi connectivity index (χ2n) is 6.79. The van der Waals surface area contributed by atoms with Gasteiger partial charge in [-0.25, -0.2) is 0 Å². The molecule has 25 heavy (non-hydrogen) atoms. The molecule has 0 aromatic heterocycles. The van der Waals surface area contributed by atoms with Crippen LogP contribution in [0.25, 0.3) is 0 Å². The maximum atomic E-state index is 12.5. The van der Waals surface area contributed by atoms with E-state index in [1.807, 2.05) is 4.90 Å². The van der Waals surface area contributed by atoms with Crippen LogP contribution in [0.15, 0.2) is 24.3 Å². The van der Waals surface area contributed by atoms with Crippen LogP contribution in [0.4, 0.5) is 0 Å². The monoisotopic (exact) mass is 346 g/mol. The lowest BCUT2D eigenvalue weighted by atomic mass is 9.83. The molecule has 1 aliphatic heterocycles. The van der Waals surface area contributed by atoms with Gasteiger partial charge in [-0.2, -0.15) is 0 Å². The number of ether oxygens (including phenoxy) is 2. The predicted octanol–water partition coefficient (Wildman–Crippen LogP) is 1.99. The molecule has 136 valence electrons. The summed E-state index contributed by atoms with van der Waals surface area (Å²) in [5.74, 6) is 0.142. The predicted molar refractivity (Wildman–Crippen MR) is 93.7 cm³/mol. The summed E-state index contributed by atoms with van der Waals surface area (Å²) in [6, 6.07) is 6.99. The Bertz CT molecular complexity index is 620. The van der Waals surface area contributed by atoms with Gasteiger partial charge >= 0.3 is 0 Å². The molecule has 1 aromatic rings. The first kappa shape index (κ1) is 17.7.